The first kappa shape index (κ1) is 33.6. The van der Waals surface area contributed by atoms with Crippen LogP contribution in [-0.4, -0.2) is 45.2 Å². The van der Waals surface area contributed by atoms with Gasteiger partial charge in [-0.15, -0.1) is 0 Å². The minimum Gasteiger partial charge on any atom is -0.341 e. The summed E-state index contributed by atoms with van der Waals surface area (Å²) >= 11 is 6.18. The third kappa shape index (κ3) is 8.05. The van der Waals surface area contributed by atoms with Crippen molar-refractivity contribution in [3.63, 3.8) is 0 Å². The molecule has 3 N–H and O–H groups in total. The zero-order chi connectivity index (χ0) is 33.2. The maximum atomic E-state index is 13.4. The Morgan fingerprint density at radius 2 is 1.87 bits per heavy atom. The molecule has 2 atom stereocenters. The van der Waals surface area contributed by atoms with E-state index in [-0.39, 0.29) is 29.0 Å². The molecule has 0 spiro atoms. The lowest BCUT2D eigenvalue weighted by Crippen LogP contribution is -2.31. The van der Waals surface area contributed by atoms with E-state index in [1.165, 1.54) is 24.3 Å². The van der Waals surface area contributed by atoms with Crippen LogP contribution >= 0.6 is 11.6 Å². The molecule has 0 saturated carbocycles. The standard InChI is InChI=1S/C26H22ClN5O5S2.C2HF3O/c1-15-7-9-17(13-19(15)27)38(34,35)31-23(26-29-20-5-3-4-6-21(20)30-26)12-16-8-10-18(22(11-16)28-2)24-14-25(33)32-39(24,36)37;3-2(4,5)1-6/h3-11,13,23-24,31H,12,14H2,1H3,(H,29,30)(H,32,33);1H/t23-,24?;/m0./s1. The highest BCUT2D eigenvalue weighted by Crippen LogP contribution is 2.37. The molecule has 1 aromatic heterocycles. The predicted octanol–water partition coefficient (Wildman–Crippen LogP) is 4.98. The number of benzene rings is 3. The van der Waals surface area contributed by atoms with Gasteiger partial charge in [0.1, 0.15) is 11.1 Å². The average molecular weight is 682 g/mol. The third-order valence-corrected chi connectivity index (χ3v) is 10.2. The number of aldehydes is 1. The number of alkyl halides is 3. The van der Waals surface area contributed by atoms with Gasteiger partial charge in [-0.2, -0.15) is 13.2 Å². The van der Waals surface area contributed by atoms with Crippen LogP contribution in [0.15, 0.2) is 65.6 Å². The van der Waals surface area contributed by atoms with Gasteiger partial charge < -0.3 is 4.98 Å². The third-order valence-electron chi connectivity index (χ3n) is 6.63. The molecule has 1 aliphatic rings. The molecular formula is C28H23ClF3N5O6S2. The van der Waals surface area contributed by atoms with Crippen molar-refractivity contribution in [2.24, 2.45) is 0 Å². The van der Waals surface area contributed by atoms with Crippen LogP contribution in [0.1, 0.15) is 40.2 Å². The number of nitrogens with one attached hydrogen (secondary N) is 3. The van der Waals surface area contributed by atoms with Crippen LogP contribution < -0.4 is 9.44 Å². The topological polar surface area (TPSA) is 160 Å². The SMILES string of the molecule is O=CC(F)(F)F.[C-]#[N+]c1cc(C[C@H](NS(=O)(=O)c2ccc(C)c(Cl)c2)c2nc3ccccc3[nH]2)ccc1C1CC(=O)NS1(=O)=O. The Hall–Kier alpha value is -4.30. The van der Waals surface area contributed by atoms with Crippen molar-refractivity contribution >= 4 is 60.6 Å². The first-order chi connectivity index (χ1) is 21.0. The van der Waals surface area contributed by atoms with E-state index in [2.05, 4.69) is 19.5 Å². The van der Waals surface area contributed by atoms with Crippen LogP contribution in [0.4, 0.5) is 18.9 Å². The summed E-state index contributed by atoms with van der Waals surface area (Å²) in [6.45, 7) is 9.39. The lowest BCUT2D eigenvalue weighted by Gasteiger charge is -2.19. The van der Waals surface area contributed by atoms with Gasteiger partial charge in [-0.05, 0) is 48.7 Å². The second-order valence-corrected chi connectivity index (χ2v) is 13.8. The Morgan fingerprint density at radius 3 is 2.44 bits per heavy atom. The molecule has 3 aromatic carbocycles. The fraction of sp³-hybridized carbons (Fsp3) is 0.214. The van der Waals surface area contributed by atoms with E-state index < -0.39 is 49.7 Å². The van der Waals surface area contributed by atoms with E-state index in [9.17, 15) is 34.8 Å². The van der Waals surface area contributed by atoms with Crippen LogP contribution in [0.3, 0.4) is 0 Å². The van der Waals surface area contributed by atoms with Crippen molar-refractivity contribution in [1.29, 1.82) is 0 Å². The number of rotatable bonds is 7. The largest absolute Gasteiger partial charge is 0.446 e. The summed E-state index contributed by atoms with van der Waals surface area (Å²) < 4.78 is 87.4. The van der Waals surface area contributed by atoms with Crippen molar-refractivity contribution in [2.75, 3.05) is 0 Å². The van der Waals surface area contributed by atoms with E-state index >= 15 is 0 Å². The van der Waals surface area contributed by atoms with Crippen molar-refractivity contribution in [2.45, 2.75) is 42.1 Å². The number of halogens is 4. The van der Waals surface area contributed by atoms with Crippen molar-refractivity contribution in [3.05, 3.63) is 99.6 Å². The summed E-state index contributed by atoms with van der Waals surface area (Å²) in [6.07, 6.45) is -5.88. The molecule has 0 aliphatic carbocycles. The van der Waals surface area contributed by atoms with E-state index in [0.717, 1.165) is 11.1 Å². The summed E-state index contributed by atoms with van der Waals surface area (Å²) in [7, 11) is -7.98. The number of hydrogen-bond acceptors (Lipinski definition) is 7. The van der Waals surface area contributed by atoms with Crippen LogP contribution in [0, 0.1) is 13.5 Å². The number of fused-ring (bicyclic) bond motifs is 1. The molecule has 2 heterocycles. The second kappa shape index (κ2) is 13.0. The zero-order valence-corrected chi connectivity index (χ0v) is 25.5. The highest BCUT2D eigenvalue weighted by molar-refractivity contribution is 7.90. The number of amides is 1. The van der Waals surface area contributed by atoms with Crippen molar-refractivity contribution in [1.82, 2.24) is 19.4 Å². The van der Waals surface area contributed by atoms with Crippen LogP contribution in [0.25, 0.3) is 15.9 Å². The maximum Gasteiger partial charge on any atom is 0.446 e. The van der Waals surface area contributed by atoms with Gasteiger partial charge in [-0.1, -0.05) is 53.6 Å². The summed E-state index contributed by atoms with van der Waals surface area (Å²) in [5.74, 6) is -0.268. The van der Waals surface area contributed by atoms with Gasteiger partial charge in [0.05, 0.1) is 28.5 Å². The number of imidazole rings is 1. The van der Waals surface area contributed by atoms with E-state index in [1.54, 1.807) is 25.1 Å². The highest BCUT2D eigenvalue weighted by Gasteiger charge is 2.39. The molecule has 1 aliphatic heterocycles. The van der Waals surface area contributed by atoms with Gasteiger partial charge in [0, 0.05) is 11.4 Å². The number of carbonyl (C=O) groups is 2. The summed E-state index contributed by atoms with van der Waals surface area (Å²) in [5.41, 5.74) is 2.94. The van der Waals surface area contributed by atoms with Gasteiger partial charge >= 0.3 is 6.18 Å². The van der Waals surface area contributed by atoms with Gasteiger partial charge in [0.2, 0.25) is 32.2 Å². The number of aryl methyl sites for hydroxylation is 1. The number of aromatic nitrogens is 2. The van der Waals surface area contributed by atoms with E-state index in [1.807, 2.05) is 22.9 Å². The lowest BCUT2D eigenvalue weighted by atomic mass is 10.00. The van der Waals surface area contributed by atoms with Gasteiger partial charge in [-0.25, -0.2) is 31.4 Å². The molecule has 45 heavy (non-hydrogen) atoms. The molecule has 1 amide bonds. The number of nitrogens with zero attached hydrogens (tertiary/aromatic N) is 2. The minimum atomic E-state index is -4.64. The lowest BCUT2D eigenvalue weighted by molar-refractivity contribution is -0.156. The quantitative estimate of drug-likeness (QED) is 0.183. The molecular weight excluding hydrogens is 659 g/mol. The zero-order valence-electron chi connectivity index (χ0n) is 23.1. The number of sulfonamides is 2. The first-order valence-corrected chi connectivity index (χ1v) is 16.2. The molecule has 17 heteroatoms. The molecule has 0 radical (unpaired) electrons. The fourth-order valence-corrected chi connectivity index (χ4v) is 7.39. The number of carbonyl (C=O) groups excluding carboxylic acids is 2. The molecule has 4 aromatic rings. The Kier molecular flexibility index (Phi) is 9.68. The number of para-hydroxylation sites is 2. The molecule has 0 bridgehead atoms. The Morgan fingerprint density at radius 1 is 1.18 bits per heavy atom. The van der Waals surface area contributed by atoms with Gasteiger partial charge in [0.15, 0.2) is 5.69 Å². The number of hydrogen-bond donors (Lipinski definition) is 3. The summed E-state index contributed by atoms with van der Waals surface area (Å²) in [4.78, 5) is 31.6. The van der Waals surface area contributed by atoms with Crippen LogP contribution in [0.5, 0.6) is 0 Å². The minimum absolute atomic E-state index is 0.0139. The highest BCUT2D eigenvalue weighted by atomic mass is 35.5. The first-order valence-electron chi connectivity index (χ1n) is 12.8. The Labute approximate surface area is 260 Å². The Bertz CT molecular complexity index is 2010. The van der Waals surface area contributed by atoms with Gasteiger partial charge in [-0.3, -0.25) is 14.3 Å². The molecule has 1 saturated heterocycles. The summed E-state index contributed by atoms with van der Waals surface area (Å²) in [6, 6.07) is 15.5. The fourth-order valence-electron chi connectivity index (χ4n) is 4.48. The molecule has 1 fully saturated rings. The monoisotopic (exact) mass is 681 g/mol. The second-order valence-electron chi connectivity index (χ2n) is 9.86. The van der Waals surface area contributed by atoms with Crippen LogP contribution in [0.2, 0.25) is 5.02 Å². The van der Waals surface area contributed by atoms with Crippen LogP contribution in [-0.2, 0) is 36.1 Å². The molecule has 11 nitrogen and oxygen atoms in total. The van der Waals surface area contributed by atoms with E-state index in [4.69, 9.17) is 23.0 Å². The van der Waals surface area contributed by atoms with Crippen molar-refractivity contribution < 1.29 is 39.6 Å². The van der Waals surface area contributed by atoms with E-state index in [0.29, 0.717) is 21.9 Å². The van der Waals surface area contributed by atoms with Crippen molar-refractivity contribution in [3.8, 4) is 0 Å². The normalized spacial score (nSPS) is 16.7. The maximum absolute atomic E-state index is 13.4. The predicted molar refractivity (Wildman–Crippen MR) is 158 cm³/mol. The molecule has 1 unspecified atom stereocenters. The molecule has 5 rings (SSSR count). The Balaban J connectivity index is 0.000000700. The van der Waals surface area contributed by atoms with Gasteiger partial charge in [0.25, 0.3) is 0 Å². The smallest absolute Gasteiger partial charge is 0.341 e. The average Bonchev–Trinajstić information content (AvgIpc) is 3.53. The number of aromatic amines is 1. The summed E-state index contributed by atoms with van der Waals surface area (Å²) in [5, 5.41) is -0.857. The number of H-pyrrole nitrogens is 1. The molecule has 236 valence electrons.